The molecule has 1 aliphatic rings. The Labute approximate surface area is 187 Å². The van der Waals surface area contributed by atoms with Gasteiger partial charge in [-0.3, -0.25) is 9.59 Å². The molecule has 3 aromatic carbocycles. The molecule has 32 heavy (non-hydrogen) atoms. The molecule has 0 N–H and O–H groups in total. The van der Waals surface area contributed by atoms with Crippen LogP contribution >= 0.6 is 11.3 Å². The van der Waals surface area contributed by atoms with Crippen LogP contribution in [-0.4, -0.2) is 36.3 Å². The minimum absolute atomic E-state index is 0.0582. The standard InChI is InChI=1S/C24H20N2O5S/c1-2-29-22(27)14-26-18-12-19-20(31-10-9-30-19)13-21(18)32-24(26)25-23(28)17-8-7-15-5-3-4-6-16(15)11-17/h3-8,11-13H,2,9-10,14H2,1H3. The van der Waals surface area contributed by atoms with Crippen molar-refractivity contribution in [2.45, 2.75) is 13.5 Å². The Hall–Kier alpha value is -3.65. The zero-order chi connectivity index (χ0) is 22.1. The fourth-order valence-corrected chi connectivity index (χ4v) is 4.69. The van der Waals surface area contributed by atoms with E-state index in [4.69, 9.17) is 14.2 Å². The number of nitrogens with zero attached hydrogens (tertiary/aromatic N) is 2. The number of ether oxygens (including phenoxy) is 3. The van der Waals surface area contributed by atoms with Crippen molar-refractivity contribution < 1.29 is 23.8 Å². The number of amides is 1. The van der Waals surface area contributed by atoms with Gasteiger partial charge in [0.2, 0.25) is 0 Å². The van der Waals surface area contributed by atoms with Crippen molar-refractivity contribution in [3.05, 3.63) is 65.0 Å². The van der Waals surface area contributed by atoms with E-state index in [1.54, 1.807) is 17.6 Å². The number of benzene rings is 3. The van der Waals surface area contributed by atoms with Crippen LogP contribution in [0.3, 0.4) is 0 Å². The van der Waals surface area contributed by atoms with Gasteiger partial charge < -0.3 is 18.8 Å². The van der Waals surface area contributed by atoms with Crippen molar-refractivity contribution in [1.29, 1.82) is 0 Å². The van der Waals surface area contributed by atoms with Crippen LogP contribution < -0.4 is 14.3 Å². The Morgan fingerprint density at radius 1 is 1.03 bits per heavy atom. The smallest absolute Gasteiger partial charge is 0.326 e. The molecule has 0 radical (unpaired) electrons. The van der Waals surface area contributed by atoms with Gasteiger partial charge >= 0.3 is 5.97 Å². The van der Waals surface area contributed by atoms with Crippen LogP contribution in [0.1, 0.15) is 17.3 Å². The van der Waals surface area contributed by atoms with Crippen molar-refractivity contribution in [2.24, 2.45) is 4.99 Å². The summed E-state index contributed by atoms with van der Waals surface area (Å²) < 4.78 is 19.0. The molecule has 2 heterocycles. The Bertz CT molecular complexity index is 1420. The van der Waals surface area contributed by atoms with Gasteiger partial charge in [-0.05, 0) is 29.8 Å². The molecule has 8 heteroatoms. The van der Waals surface area contributed by atoms with Crippen LogP contribution in [0.4, 0.5) is 0 Å². The number of carbonyl (C=O) groups excluding carboxylic acids is 2. The molecule has 0 bridgehead atoms. The van der Waals surface area contributed by atoms with Crippen LogP contribution in [0.5, 0.6) is 11.5 Å². The van der Waals surface area contributed by atoms with Gasteiger partial charge in [-0.1, -0.05) is 41.7 Å². The lowest BCUT2D eigenvalue weighted by Crippen LogP contribution is -2.23. The number of hydrogen-bond acceptors (Lipinski definition) is 6. The molecule has 1 aromatic heterocycles. The van der Waals surface area contributed by atoms with Gasteiger partial charge in [0.25, 0.3) is 5.91 Å². The lowest BCUT2D eigenvalue weighted by Gasteiger charge is -2.18. The number of rotatable bonds is 4. The van der Waals surface area contributed by atoms with Crippen molar-refractivity contribution in [1.82, 2.24) is 4.57 Å². The normalized spacial score (nSPS) is 13.5. The second kappa shape index (κ2) is 8.47. The fraction of sp³-hybridized carbons (Fsp3) is 0.208. The largest absolute Gasteiger partial charge is 0.486 e. The first-order chi connectivity index (χ1) is 15.6. The maximum atomic E-state index is 13.0. The fourth-order valence-electron chi connectivity index (χ4n) is 3.65. The Morgan fingerprint density at radius 3 is 2.56 bits per heavy atom. The minimum Gasteiger partial charge on any atom is -0.486 e. The van der Waals surface area contributed by atoms with E-state index in [0.29, 0.717) is 35.1 Å². The third-order valence-electron chi connectivity index (χ3n) is 5.13. The predicted molar refractivity (Wildman–Crippen MR) is 121 cm³/mol. The topological polar surface area (TPSA) is 79.1 Å². The number of carbonyl (C=O) groups is 2. The number of esters is 1. The van der Waals surface area contributed by atoms with Crippen LogP contribution in [-0.2, 0) is 16.1 Å². The van der Waals surface area contributed by atoms with Gasteiger partial charge in [0.1, 0.15) is 19.8 Å². The SMILES string of the molecule is CCOC(=O)Cn1c(=NC(=O)c2ccc3ccccc3c2)sc2cc3c(cc21)OCCO3. The first kappa shape index (κ1) is 20.3. The van der Waals surface area contributed by atoms with E-state index >= 15 is 0 Å². The van der Waals surface area contributed by atoms with E-state index in [-0.39, 0.29) is 19.1 Å². The van der Waals surface area contributed by atoms with E-state index in [0.717, 1.165) is 21.0 Å². The molecule has 7 nitrogen and oxygen atoms in total. The third kappa shape index (κ3) is 3.85. The number of thiazole rings is 1. The van der Waals surface area contributed by atoms with Crippen LogP contribution in [0.25, 0.3) is 21.0 Å². The molecule has 0 fully saturated rings. The predicted octanol–water partition coefficient (Wildman–Crippen LogP) is 3.93. The van der Waals surface area contributed by atoms with Crippen molar-refractivity contribution >= 4 is 44.2 Å². The minimum atomic E-state index is -0.401. The van der Waals surface area contributed by atoms with Crippen LogP contribution in [0.2, 0.25) is 0 Å². The zero-order valence-electron chi connectivity index (χ0n) is 17.4. The first-order valence-electron chi connectivity index (χ1n) is 10.3. The van der Waals surface area contributed by atoms with Gasteiger partial charge in [-0.15, -0.1) is 0 Å². The Balaban J connectivity index is 1.62. The van der Waals surface area contributed by atoms with Crippen LogP contribution in [0, 0.1) is 0 Å². The molecule has 5 rings (SSSR count). The summed E-state index contributed by atoms with van der Waals surface area (Å²) in [6, 6.07) is 17.0. The molecule has 0 saturated carbocycles. The summed E-state index contributed by atoms with van der Waals surface area (Å²) in [6.07, 6.45) is 0. The maximum absolute atomic E-state index is 13.0. The van der Waals surface area contributed by atoms with E-state index in [9.17, 15) is 9.59 Å². The molecule has 0 saturated heterocycles. The maximum Gasteiger partial charge on any atom is 0.326 e. The van der Waals surface area contributed by atoms with Gasteiger partial charge in [0, 0.05) is 17.7 Å². The lowest BCUT2D eigenvalue weighted by atomic mass is 10.1. The van der Waals surface area contributed by atoms with Crippen molar-refractivity contribution in [2.75, 3.05) is 19.8 Å². The second-order valence-electron chi connectivity index (χ2n) is 7.22. The second-order valence-corrected chi connectivity index (χ2v) is 8.23. The monoisotopic (exact) mass is 448 g/mol. The molecule has 1 aliphatic heterocycles. The van der Waals surface area contributed by atoms with Crippen LogP contribution in [0.15, 0.2) is 59.6 Å². The number of fused-ring (bicyclic) bond motifs is 3. The molecule has 162 valence electrons. The molecule has 4 aromatic rings. The van der Waals surface area contributed by atoms with Gasteiger partial charge in [0.05, 0.1) is 16.8 Å². The Kier molecular flexibility index (Phi) is 5.36. The van der Waals surface area contributed by atoms with E-state index in [1.165, 1.54) is 11.3 Å². The van der Waals surface area contributed by atoms with Gasteiger partial charge in [0.15, 0.2) is 16.3 Å². The van der Waals surface area contributed by atoms with E-state index in [2.05, 4.69) is 4.99 Å². The molecule has 0 spiro atoms. The molecule has 1 amide bonds. The average molecular weight is 449 g/mol. The summed E-state index contributed by atoms with van der Waals surface area (Å²) in [7, 11) is 0. The third-order valence-corrected chi connectivity index (χ3v) is 6.17. The highest BCUT2D eigenvalue weighted by Crippen LogP contribution is 2.35. The van der Waals surface area contributed by atoms with Gasteiger partial charge in [-0.2, -0.15) is 4.99 Å². The average Bonchev–Trinajstić information content (AvgIpc) is 3.12. The first-order valence-corrected chi connectivity index (χ1v) is 11.1. The molecule has 0 aliphatic carbocycles. The zero-order valence-corrected chi connectivity index (χ0v) is 18.2. The highest BCUT2D eigenvalue weighted by molar-refractivity contribution is 7.16. The molecular weight excluding hydrogens is 428 g/mol. The number of aromatic nitrogens is 1. The highest BCUT2D eigenvalue weighted by atomic mass is 32.1. The summed E-state index contributed by atoms with van der Waals surface area (Å²) in [4.78, 5) is 30.1. The highest BCUT2D eigenvalue weighted by Gasteiger charge is 2.18. The summed E-state index contributed by atoms with van der Waals surface area (Å²) in [5.74, 6) is 0.464. The molecule has 0 unspecified atom stereocenters. The van der Waals surface area contributed by atoms with Crippen molar-refractivity contribution in [3.8, 4) is 11.5 Å². The van der Waals surface area contributed by atoms with Crippen molar-refractivity contribution in [3.63, 3.8) is 0 Å². The summed E-state index contributed by atoms with van der Waals surface area (Å²) in [5.41, 5.74) is 1.21. The summed E-state index contributed by atoms with van der Waals surface area (Å²) in [6.45, 7) is 2.90. The number of hydrogen-bond donors (Lipinski definition) is 0. The van der Waals surface area contributed by atoms with E-state index < -0.39 is 5.97 Å². The van der Waals surface area contributed by atoms with E-state index in [1.807, 2.05) is 48.5 Å². The molecule has 0 atom stereocenters. The summed E-state index contributed by atoms with van der Waals surface area (Å²) >= 11 is 1.32. The lowest BCUT2D eigenvalue weighted by molar-refractivity contribution is -0.143. The summed E-state index contributed by atoms with van der Waals surface area (Å²) in [5, 5.41) is 2.01. The van der Waals surface area contributed by atoms with Gasteiger partial charge in [-0.25, -0.2) is 0 Å². The quantitative estimate of drug-likeness (QED) is 0.442. The Morgan fingerprint density at radius 2 is 1.78 bits per heavy atom. The molecular formula is C24H20N2O5S.